The molecule has 7 nitrogen and oxygen atoms in total. The van der Waals surface area contributed by atoms with Gasteiger partial charge < -0.3 is 20.1 Å². The highest BCUT2D eigenvalue weighted by Gasteiger charge is 2.36. The van der Waals surface area contributed by atoms with Gasteiger partial charge in [-0.2, -0.15) is 0 Å². The molecule has 0 aliphatic carbocycles. The summed E-state index contributed by atoms with van der Waals surface area (Å²) < 4.78 is 1.40. The molecule has 7 heteroatoms. The lowest BCUT2D eigenvalue weighted by Crippen LogP contribution is -2.50. The molecule has 0 fully saturated rings. The van der Waals surface area contributed by atoms with Crippen LogP contribution in [-0.2, 0) is 18.4 Å². The third-order valence-electron chi connectivity index (χ3n) is 5.00. The van der Waals surface area contributed by atoms with Crippen LogP contribution in [0.25, 0.3) is 0 Å². The van der Waals surface area contributed by atoms with Gasteiger partial charge in [-0.15, -0.1) is 0 Å². The fraction of sp³-hybridized carbons (Fsp3) is 0.350. The van der Waals surface area contributed by atoms with E-state index in [-0.39, 0.29) is 23.4 Å². The summed E-state index contributed by atoms with van der Waals surface area (Å²) in [4.78, 5) is 39.0. The predicted molar refractivity (Wildman–Crippen MR) is 105 cm³/mol. The van der Waals surface area contributed by atoms with E-state index in [1.165, 1.54) is 10.6 Å². The van der Waals surface area contributed by atoms with Crippen LogP contribution in [0.15, 0.2) is 47.4 Å². The van der Waals surface area contributed by atoms with Crippen molar-refractivity contribution < 1.29 is 9.59 Å². The van der Waals surface area contributed by atoms with Crippen molar-refractivity contribution in [1.82, 2.24) is 9.47 Å². The van der Waals surface area contributed by atoms with Gasteiger partial charge in [-0.1, -0.05) is 38.5 Å². The topological polar surface area (TPSA) is 83.4 Å². The van der Waals surface area contributed by atoms with Crippen molar-refractivity contribution in [1.29, 1.82) is 0 Å². The third-order valence-corrected chi connectivity index (χ3v) is 5.00. The Hall–Kier alpha value is -3.09. The number of fused-ring (bicyclic) bond motifs is 1. The van der Waals surface area contributed by atoms with E-state index in [0.29, 0.717) is 12.2 Å². The van der Waals surface area contributed by atoms with Crippen LogP contribution < -0.4 is 16.2 Å². The van der Waals surface area contributed by atoms with Gasteiger partial charge in [0, 0.05) is 25.0 Å². The number of amides is 3. The number of aromatic nitrogens is 1. The molecule has 0 saturated carbocycles. The summed E-state index contributed by atoms with van der Waals surface area (Å²) in [6, 6.07) is 9.49. The molecular formula is C20H24N4O3. The molecule has 0 unspecified atom stereocenters. The molecule has 142 valence electrons. The Labute approximate surface area is 158 Å². The van der Waals surface area contributed by atoms with Gasteiger partial charge in [0.1, 0.15) is 6.04 Å². The number of para-hydroxylation sites is 1. The summed E-state index contributed by atoms with van der Waals surface area (Å²) in [7, 11) is 1.62. The fourth-order valence-corrected chi connectivity index (χ4v) is 3.26. The lowest BCUT2D eigenvalue weighted by molar-refractivity contribution is -0.121. The van der Waals surface area contributed by atoms with Crippen molar-refractivity contribution >= 4 is 23.3 Å². The molecule has 2 atom stereocenters. The third kappa shape index (κ3) is 3.86. The Morgan fingerprint density at radius 1 is 1.26 bits per heavy atom. The molecule has 1 aromatic heterocycles. The lowest BCUT2D eigenvalue weighted by atomic mass is 9.97. The monoisotopic (exact) mass is 368 g/mol. The summed E-state index contributed by atoms with van der Waals surface area (Å²) >= 11 is 0. The van der Waals surface area contributed by atoms with Gasteiger partial charge in [0.2, 0.25) is 11.5 Å². The molecule has 0 saturated heterocycles. The molecule has 1 aliphatic heterocycles. The SMILES string of the molecule is CC[C@H](C)[C@H]1C(=O)Nc2ccccc2CN1C(=O)Nc1ccc(=O)n(C)c1. The van der Waals surface area contributed by atoms with E-state index in [1.54, 1.807) is 24.2 Å². The molecule has 2 N–H and O–H groups in total. The molecule has 1 aliphatic rings. The molecule has 0 spiro atoms. The van der Waals surface area contributed by atoms with E-state index in [9.17, 15) is 14.4 Å². The van der Waals surface area contributed by atoms with E-state index < -0.39 is 6.04 Å². The van der Waals surface area contributed by atoms with Gasteiger partial charge in [0.15, 0.2) is 0 Å². The number of nitrogens with one attached hydrogen (secondary N) is 2. The minimum absolute atomic E-state index is 0.00908. The number of nitrogens with zero attached hydrogens (tertiary/aromatic N) is 2. The van der Waals surface area contributed by atoms with Gasteiger partial charge in [0.25, 0.3) is 0 Å². The normalized spacial score (nSPS) is 17.5. The summed E-state index contributed by atoms with van der Waals surface area (Å²) in [6.45, 7) is 4.29. The average Bonchev–Trinajstić information content (AvgIpc) is 2.80. The number of carbonyl (C=O) groups excluding carboxylic acids is 2. The number of hydrogen-bond donors (Lipinski definition) is 2. The molecular weight excluding hydrogens is 344 g/mol. The molecule has 3 amide bonds. The van der Waals surface area contributed by atoms with E-state index in [0.717, 1.165) is 17.7 Å². The second kappa shape index (κ2) is 7.65. The van der Waals surface area contributed by atoms with E-state index >= 15 is 0 Å². The van der Waals surface area contributed by atoms with Crippen LogP contribution in [0.2, 0.25) is 0 Å². The van der Waals surface area contributed by atoms with Crippen LogP contribution in [0, 0.1) is 5.92 Å². The van der Waals surface area contributed by atoms with E-state index in [4.69, 9.17) is 0 Å². The summed E-state index contributed by atoms with van der Waals surface area (Å²) in [6.07, 6.45) is 2.32. The summed E-state index contributed by atoms with van der Waals surface area (Å²) in [5, 5.41) is 5.76. The standard InChI is InChI=1S/C20H24N4O3/c1-4-13(2)18-19(26)22-16-8-6-5-7-14(16)11-24(18)20(27)21-15-9-10-17(25)23(3)12-15/h5-10,12-13,18H,4,11H2,1-3H3,(H,21,27)(H,22,26)/t13-,18-/m0/s1. The van der Waals surface area contributed by atoms with Gasteiger partial charge in [-0.3, -0.25) is 9.59 Å². The molecule has 2 heterocycles. The number of rotatable bonds is 3. The number of anilines is 2. The first kappa shape index (κ1) is 18.7. The van der Waals surface area contributed by atoms with Gasteiger partial charge in [-0.25, -0.2) is 4.79 Å². The van der Waals surface area contributed by atoms with Crippen LogP contribution in [0.5, 0.6) is 0 Å². The number of aryl methyl sites for hydroxylation is 1. The number of hydrogen-bond acceptors (Lipinski definition) is 3. The smallest absolute Gasteiger partial charge is 0.322 e. The van der Waals surface area contributed by atoms with Crippen molar-refractivity contribution in [2.24, 2.45) is 13.0 Å². The zero-order valence-corrected chi connectivity index (χ0v) is 15.7. The minimum atomic E-state index is -0.588. The van der Waals surface area contributed by atoms with Gasteiger partial charge in [0.05, 0.1) is 12.2 Å². The maximum absolute atomic E-state index is 13.1. The Kier molecular flexibility index (Phi) is 5.30. The highest BCUT2D eigenvalue weighted by Crippen LogP contribution is 2.27. The van der Waals surface area contributed by atoms with Crippen molar-refractivity contribution in [2.75, 3.05) is 10.6 Å². The average molecular weight is 368 g/mol. The quantitative estimate of drug-likeness (QED) is 0.874. The highest BCUT2D eigenvalue weighted by molar-refractivity contribution is 6.00. The molecule has 0 bridgehead atoms. The summed E-state index contributed by atoms with van der Waals surface area (Å²) in [5.41, 5.74) is 1.96. The molecule has 27 heavy (non-hydrogen) atoms. The fourth-order valence-electron chi connectivity index (χ4n) is 3.26. The number of carbonyl (C=O) groups is 2. The van der Waals surface area contributed by atoms with Crippen molar-refractivity contribution in [3.8, 4) is 0 Å². The van der Waals surface area contributed by atoms with Crippen LogP contribution in [0.3, 0.4) is 0 Å². The maximum Gasteiger partial charge on any atom is 0.322 e. The second-order valence-electron chi connectivity index (χ2n) is 6.90. The van der Waals surface area contributed by atoms with Crippen molar-refractivity contribution in [2.45, 2.75) is 32.9 Å². The van der Waals surface area contributed by atoms with Crippen LogP contribution in [0.1, 0.15) is 25.8 Å². The Morgan fingerprint density at radius 2 is 2.00 bits per heavy atom. The Balaban J connectivity index is 1.94. The van der Waals surface area contributed by atoms with E-state index in [2.05, 4.69) is 10.6 Å². The summed E-state index contributed by atoms with van der Waals surface area (Å²) in [5.74, 6) is -0.199. The van der Waals surface area contributed by atoms with E-state index in [1.807, 2.05) is 38.1 Å². The number of benzene rings is 1. The second-order valence-corrected chi connectivity index (χ2v) is 6.90. The molecule has 3 rings (SSSR count). The van der Waals surface area contributed by atoms with Gasteiger partial charge in [-0.05, 0) is 23.6 Å². The first-order valence-electron chi connectivity index (χ1n) is 9.03. The highest BCUT2D eigenvalue weighted by atomic mass is 16.2. The first-order valence-corrected chi connectivity index (χ1v) is 9.03. The van der Waals surface area contributed by atoms with Crippen LogP contribution >= 0.6 is 0 Å². The molecule has 2 aromatic rings. The largest absolute Gasteiger partial charge is 0.324 e. The predicted octanol–water partition coefficient (Wildman–Crippen LogP) is 2.79. The van der Waals surface area contributed by atoms with Crippen molar-refractivity contribution in [3.63, 3.8) is 0 Å². The zero-order valence-electron chi connectivity index (χ0n) is 15.7. The van der Waals surface area contributed by atoms with Crippen molar-refractivity contribution in [3.05, 3.63) is 58.5 Å². The lowest BCUT2D eigenvalue weighted by Gasteiger charge is -2.32. The van der Waals surface area contributed by atoms with Crippen LogP contribution in [-0.4, -0.2) is 27.4 Å². The number of urea groups is 1. The molecule has 0 radical (unpaired) electrons. The van der Waals surface area contributed by atoms with Crippen LogP contribution in [0.4, 0.5) is 16.2 Å². The Bertz CT molecular complexity index is 921. The zero-order chi connectivity index (χ0) is 19.6. The minimum Gasteiger partial charge on any atom is -0.324 e. The Morgan fingerprint density at radius 3 is 2.70 bits per heavy atom. The first-order chi connectivity index (χ1) is 12.9. The maximum atomic E-state index is 13.1. The number of pyridine rings is 1. The van der Waals surface area contributed by atoms with Gasteiger partial charge >= 0.3 is 6.03 Å². The molecule has 1 aromatic carbocycles.